The molecule has 0 aromatic heterocycles. The number of benzene rings is 1. The number of hydrogen-bond donors (Lipinski definition) is 2. The van der Waals surface area contributed by atoms with E-state index in [0.717, 1.165) is 24.2 Å². The molecule has 1 heterocycles. The molecule has 0 spiro atoms. The average molecular weight is 230 g/mol. The molecule has 88 valence electrons. The van der Waals surface area contributed by atoms with Crippen molar-refractivity contribution < 1.29 is 13.2 Å². The van der Waals surface area contributed by atoms with Crippen molar-refractivity contribution >= 4 is 5.69 Å². The summed E-state index contributed by atoms with van der Waals surface area (Å²) in [6.45, 7) is 0.226. The lowest BCUT2D eigenvalue weighted by atomic mass is 10.1. The molecular formula is C11H13F3N2. The second-order valence-electron chi connectivity index (χ2n) is 3.89. The van der Waals surface area contributed by atoms with Crippen LogP contribution in [-0.4, -0.2) is 19.3 Å². The minimum absolute atomic E-state index is 0.257. The van der Waals surface area contributed by atoms with Gasteiger partial charge in [-0.05, 0) is 23.6 Å². The van der Waals surface area contributed by atoms with Crippen molar-refractivity contribution in [3.63, 3.8) is 0 Å². The zero-order valence-electron chi connectivity index (χ0n) is 8.69. The van der Waals surface area contributed by atoms with Gasteiger partial charge in [0.2, 0.25) is 0 Å². The molecule has 0 fully saturated rings. The molecule has 2 nitrogen and oxygen atoms in total. The first-order chi connectivity index (χ1) is 7.54. The summed E-state index contributed by atoms with van der Waals surface area (Å²) in [5, 5.41) is 5.59. The van der Waals surface area contributed by atoms with Crippen molar-refractivity contribution in [1.82, 2.24) is 5.32 Å². The lowest BCUT2D eigenvalue weighted by Gasteiger charge is -2.09. The van der Waals surface area contributed by atoms with Crippen molar-refractivity contribution in [2.75, 3.05) is 18.4 Å². The maximum atomic E-state index is 11.9. The fraction of sp³-hybridized carbons (Fsp3) is 0.455. The number of alkyl halides is 3. The van der Waals surface area contributed by atoms with Crippen LogP contribution >= 0.6 is 0 Å². The number of anilines is 1. The smallest absolute Gasteiger partial charge is 0.384 e. The normalized spacial score (nSPS) is 14.7. The van der Waals surface area contributed by atoms with E-state index in [9.17, 15) is 13.2 Å². The van der Waals surface area contributed by atoms with Gasteiger partial charge < -0.3 is 10.6 Å². The van der Waals surface area contributed by atoms with E-state index < -0.39 is 12.7 Å². The Morgan fingerprint density at radius 2 is 2.12 bits per heavy atom. The van der Waals surface area contributed by atoms with Gasteiger partial charge in [-0.2, -0.15) is 13.2 Å². The lowest BCUT2D eigenvalue weighted by Crippen LogP contribution is -2.28. The SMILES string of the molecule is FC(F)(F)CNCc1ccc2c(c1)CCN2. The molecule has 0 saturated heterocycles. The molecule has 5 heteroatoms. The van der Waals surface area contributed by atoms with Gasteiger partial charge in [0.15, 0.2) is 0 Å². The molecule has 0 bridgehead atoms. The third kappa shape index (κ3) is 2.88. The van der Waals surface area contributed by atoms with Crippen molar-refractivity contribution in [1.29, 1.82) is 0 Å². The topological polar surface area (TPSA) is 24.1 Å². The molecule has 0 unspecified atom stereocenters. The Bertz CT molecular complexity index is 374. The Labute approximate surface area is 91.8 Å². The minimum Gasteiger partial charge on any atom is -0.384 e. The zero-order chi connectivity index (χ0) is 11.6. The fourth-order valence-corrected chi connectivity index (χ4v) is 1.82. The molecule has 0 aliphatic carbocycles. The summed E-state index contributed by atoms with van der Waals surface area (Å²) in [4.78, 5) is 0. The van der Waals surface area contributed by atoms with Crippen LogP contribution in [0, 0.1) is 0 Å². The minimum atomic E-state index is -4.14. The predicted octanol–water partition coefficient (Wildman–Crippen LogP) is 2.31. The zero-order valence-corrected chi connectivity index (χ0v) is 8.69. The van der Waals surface area contributed by atoms with Crippen LogP contribution in [0.4, 0.5) is 18.9 Å². The Balaban J connectivity index is 1.91. The maximum absolute atomic E-state index is 11.9. The van der Waals surface area contributed by atoms with Gasteiger partial charge in [0.1, 0.15) is 0 Å². The highest BCUT2D eigenvalue weighted by atomic mass is 19.4. The number of hydrogen-bond acceptors (Lipinski definition) is 2. The predicted molar refractivity (Wildman–Crippen MR) is 56.4 cm³/mol. The fourth-order valence-electron chi connectivity index (χ4n) is 1.82. The lowest BCUT2D eigenvalue weighted by molar-refractivity contribution is -0.125. The van der Waals surface area contributed by atoms with Crippen LogP contribution in [0.2, 0.25) is 0 Å². The number of fused-ring (bicyclic) bond motifs is 1. The van der Waals surface area contributed by atoms with Crippen molar-refractivity contribution in [2.24, 2.45) is 0 Å². The summed E-state index contributed by atoms with van der Waals surface area (Å²) >= 11 is 0. The molecule has 0 atom stereocenters. The highest BCUT2D eigenvalue weighted by Gasteiger charge is 2.26. The van der Waals surface area contributed by atoms with E-state index in [-0.39, 0.29) is 6.54 Å². The highest BCUT2D eigenvalue weighted by Crippen LogP contribution is 2.23. The highest BCUT2D eigenvalue weighted by molar-refractivity contribution is 5.56. The maximum Gasteiger partial charge on any atom is 0.401 e. The van der Waals surface area contributed by atoms with Crippen LogP contribution in [-0.2, 0) is 13.0 Å². The van der Waals surface area contributed by atoms with Crippen molar-refractivity contribution in [3.05, 3.63) is 29.3 Å². The van der Waals surface area contributed by atoms with E-state index in [1.54, 1.807) is 0 Å². The van der Waals surface area contributed by atoms with E-state index >= 15 is 0 Å². The van der Waals surface area contributed by atoms with Crippen LogP contribution in [0.25, 0.3) is 0 Å². The second-order valence-corrected chi connectivity index (χ2v) is 3.89. The van der Waals surface area contributed by atoms with Gasteiger partial charge in [-0.15, -0.1) is 0 Å². The molecule has 2 N–H and O–H groups in total. The molecule has 1 aliphatic rings. The van der Waals surface area contributed by atoms with Crippen LogP contribution in [0.3, 0.4) is 0 Å². The summed E-state index contributed by atoms with van der Waals surface area (Å²) in [6, 6.07) is 5.73. The first-order valence-electron chi connectivity index (χ1n) is 5.18. The molecule has 2 rings (SSSR count). The molecule has 16 heavy (non-hydrogen) atoms. The molecule has 0 amide bonds. The van der Waals surface area contributed by atoms with Crippen LogP contribution in [0.1, 0.15) is 11.1 Å². The van der Waals surface area contributed by atoms with Crippen LogP contribution in [0.15, 0.2) is 18.2 Å². The molecule has 1 aromatic carbocycles. The third-order valence-electron chi connectivity index (χ3n) is 2.53. The van der Waals surface area contributed by atoms with Gasteiger partial charge in [-0.1, -0.05) is 12.1 Å². The Hall–Kier alpha value is -1.23. The largest absolute Gasteiger partial charge is 0.401 e. The van der Waals surface area contributed by atoms with Gasteiger partial charge in [0.25, 0.3) is 0 Å². The van der Waals surface area contributed by atoms with Gasteiger partial charge in [0, 0.05) is 18.8 Å². The summed E-state index contributed by atoms with van der Waals surface area (Å²) < 4.78 is 35.7. The number of nitrogens with one attached hydrogen (secondary N) is 2. The van der Waals surface area contributed by atoms with Crippen LogP contribution < -0.4 is 10.6 Å². The number of rotatable bonds is 3. The van der Waals surface area contributed by atoms with E-state index in [1.807, 2.05) is 18.2 Å². The molecule has 0 saturated carbocycles. The molecule has 1 aromatic rings. The average Bonchev–Trinajstić information content (AvgIpc) is 2.62. The third-order valence-corrected chi connectivity index (χ3v) is 2.53. The van der Waals surface area contributed by atoms with E-state index in [4.69, 9.17) is 0 Å². The Morgan fingerprint density at radius 1 is 1.31 bits per heavy atom. The summed E-state index contributed by atoms with van der Waals surface area (Å²) in [6.07, 6.45) is -3.19. The first kappa shape index (κ1) is 11.3. The Morgan fingerprint density at radius 3 is 2.88 bits per heavy atom. The molecular weight excluding hydrogens is 217 g/mol. The second kappa shape index (κ2) is 4.33. The van der Waals surface area contributed by atoms with Crippen molar-refractivity contribution in [2.45, 2.75) is 19.1 Å². The summed E-state index contributed by atoms with van der Waals surface area (Å²) in [7, 11) is 0. The van der Waals surface area contributed by atoms with Gasteiger partial charge >= 0.3 is 6.18 Å². The van der Waals surface area contributed by atoms with E-state index in [2.05, 4.69) is 10.6 Å². The quantitative estimate of drug-likeness (QED) is 0.832. The van der Waals surface area contributed by atoms with Gasteiger partial charge in [-0.25, -0.2) is 0 Å². The standard InChI is InChI=1S/C11H13F3N2/c12-11(13,14)7-15-6-8-1-2-10-9(5-8)3-4-16-10/h1-2,5,15-16H,3-4,6-7H2. The first-order valence-corrected chi connectivity index (χ1v) is 5.18. The Kier molecular flexibility index (Phi) is 3.05. The molecule has 1 aliphatic heterocycles. The van der Waals surface area contributed by atoms with E-state index in [1.165, 1.54) is 5.56 Å². The molecule has 0 radical (unpaired) electrons. The van der Waals surface area contributed by atoms with E-state index in [0.29, 0.717) is 0 Å². The summed E-state index contributed by atoms with van der Waals surface area (Å²) in [5.41, 5.74) is 3.18. The monoisotopic (exact) mass is 230 g/mol. The van der Waals surface area contributed by atoms with Gasteiger partial charge in [-0.3, -0.25) is 0 Å². The van der Waals surface area contributed by atoms with Crippen molar-refractivity contribution in [3.8, 4) is 0 Å². The van der Waals surface area contributed by atoms with Gasteiger partial charge in [0.05, 0.1) is 6.54 Å². The summed E-state index contributed by atoms with van der Waals surface area (Å²) in [5.74, 6) is 0. The number of halogens is 3. The van der Waals surface area contributed by atoms with Crippen LogP contribution in [0.5, 0.6) is 0 Å².